The monoisotopic (exact) mass is 367 g/mol. The number of oxime groups is 1. The molecule has 2 heterocycles. The van der Waals surface area contributed by atoms with E-state index >= 15 is 0 Å². The maximum atomic E-state index is 12.6. The topological polar surface area (TPSA) is 63.6 Å². The molecule has 8 heteroatoms. The van der Waals surface area contributed by atoms with Crippen molar-refractivity contribution >= 4 is 23.2 Å². The Balaban J connectivity index is 1.72. The SMILES string of the molecule is COc1cc(OC)c(C2=NO[C@H](C(=O)N3CCN(C)CC3)C2)cc1Cl. The lowest BCUT2D eigenvalue weighted by atomic mass is 10.0. The maximum Gasteiger partial charge on any atom is 0.266 e. The zero-order chi connectivity index (χ0) is 18.0. The summed E-state index contributed by atoms with van der Waals surface area (Å²) in [5, 5.41) is 4.56. The Kier molecular flexibility index (Phi) is 5.34. The van der Waals surface area contributed by atoms with Crippen LogP contribution >= 0.6 is 11.6 Å². The largest absolute Gasteiger partial charge is 0.496 e. The molecule has 1 fully saturated rings. The van der Waals surface area contributed by atoms with Crippen molar-refractivity contribution in [3.05, 3.63) is 22.7 Å². The van der Waals surface area contributed by atoms with Gasteiger partial charge in [-0.05, 0) is 13.1 Å². The number of carbonyl (C=O) groups excluding carboxylic acids is 1. The first-order valence-corrected chi connectivity index (χ1v) is 8.53. The Morgan fingerprint density at radius 1 is 1.20 bits per heavy atom. The number of hydrogen-bond donors (Lipinski definition) is 0. The van der Waals surface area contributed by atoms with Crippen molar-refractivity contribution in [2.45, 2.75) is 12.5 Å². The predicted octanol–water partition coefficient (Wildman–Crippen LogP) is 1.62. The summed E-state index contributed by atoms with van der Waals surface area (Å²) in [7, 11) is 5.16. The minimum atomic E-state index is -0.594. The second kappa shape index (κ2) is 7.49. The van der Waals surface area contributed by atoms with Gasteiger partial charge in [0.05, 0.1) is 25.0 Å². The Morgan fingerprint density at radius 3 is 2.52 bits per heavy atom. The van der Waals surface area contributed by atoms with Crippen LogP contribution in [0.1, 0.15) is 12.0 Å². The zero-order valence-corrected chi connectivity index (χ0v) is 15.4. The summed E-state index contributed by atoms with van der Waals surface area (Å²) < 4.78 is 10.6. The van der Waals surface area contributed by atoms with Gasteiger partial charge in [-0.15, -0.1) is 0 Å². The lowest BCUT2D eigenvalue weighted by Crippen LogP contribution is -2.50. The molecule has 0 N–H and O–H groups in total. The average Bonchev–Trinajstić information content (AvgIpc) is 3.11. The summed E-state index contributed by atoms with van der Waals surface area (Å²) in [5.41, 5.74) is 1.36. The van der Waals surface area contributed by atoms with E-state index in [0.717, 1.165) is 13.1 Å². The van der Waals surface area contributed by atoms with Crippen molar-refractivity contribution in [2.75, 3.05) is 47.4 Å². The van der Waals surface area contributed by atoms with Crippen LogP contribution in [-0.4, -0.2) is 75.0 Å². The van der Waals surface area contributed by atoms with Crippen molar-refractivity contribution in [2.24, 2.45) is 5.16 Å². The number of hydrogen-bond acceptors (Lipinski definition) is 6. The van der Waals surface area contributed by atoms with Crippen molar-refractivity contribution in [3.8, 4) is 11.5 Å². The van der Waals surface area contributed by atoms with E-state index in [0.29, 0.717) is 47.3 Å². The number of rotatable bonds is 4. The number of nitrogens with zero attached hydrogens (tertiary/aromatic N) is 3. The molecular formula is C17H22ClN3O4. The van der Waals surface area contributed by atoms with E-state index in [1.807, 2.05) is 4.90 Å². The van der Waals surface area contributed by atoms with Gasteiger partial charge >= 0.3 is 0 Å². The van der Waals surface area contributed by atoms with E-state index in [1.54, 1.807) is 26.4 Å². The van der Waals surface area contributed by atoms with E-state index in [1.165, 1.54) is 0 Å². The molecule has 1 saturated heterocycles. The molecule has 0 radical (unpaired) electrons. The van der Waals surface area contributed by atoms with Crippen LogP contribution in [0, 0.1) is 0 Å². The highest BCUT2D eigenvalue weighted by atomic mass is 35.5. The molecule has 1 aromatic rings. The van der Waals surface area contributed by atoms with Gasteiger partial charge in [-0.2, -0.15) is 0 Å². The van der Waals surface area contributed by atoms with Crippen molar-refractivity contribution < 1.29 is 19.1 Å². The minimum Gasteiger partial charge on any atom is -0.496 e. The van der Waals surface area contributed by atoms with Gasteiger partial charge in [-0.1, -0.05) is 16.8 Å². The first kappa shape index (κ1) is 17.8. The fourth-order valence-corrected chi connectivity index (χ4v) is 3.23. The van der Waals surface area contributed by atoms with Crippen LogP contribution in [-0.2, 0) is 9.63 Å². The van der Waals surface area contributed by atoms with Crippen molar-refractivity contribution in [1.29, 1.82) is 0 Å². The lowest BCUT2D eigenvalue weighted by molar-refractivity contribution is -0.143. The van der Waals surface area contributed by atoms with Crippen LogP contribution in [0.5, 0.6) is 11.5 Å². The van der Waals surface area contributed by atoms with Gasteiger partial charge in [0.2, 0.25) is 6.10 Å². The molecular weight excluding hydrogens is 346 g/mol. The van der Waals surface area contributed by atoms with Gasteiger partial charge in [-0.25, -0.2) is 0 Å². The van der Waals surface area contributed by atoms with Crippen LogP contribution in [0.3, 0.4) is 0 Å². The molecule has 1 atom stereocenters. The van der Waals surface area contributed by atoms with Crippen LogP contribution in [0.15, 0.2) is 17.3 Å². The Bertz CT molecular complexity index is 687. The number of methoxy groups -OCH3 is 2. The van der Waals surface area contributed by atoms with Crippen LogP contribution < -0.4 is 9.47 Å². The van der Waals surface area contributed by atoms with Crippen molar-refractivity contribution in [3.63, 3.8) is 0 Å². The molecule has 0 saturated carbocycles. The van der Waals surface area contributed by atoms with Crippen molar-refractivity contribution in [1.82, 2.24) is 9.80 Å². The third kappa shape index (κ3) is 3.67. The van der Waals surface area contributed by atoms with E-state index in [4.69, 9.17) is 25.9 Å². The molecule has 1 aromatic carbocycles. The molecule has 3 rings (SSSR count). The zero-order valence-electron chi connectivity index (χ0n) is 14.6. The number of carbonyl (C=O) groups is 1. The summed E-state index contributed by atoms with van der Waals surface area (Å²) >= 11 is 6.22. The first-order valence-electron chi connectivity index (χ1n) is 8.15. The third-order valence-electron chi connectivity index (χ3n) is 4.54. The summed E-state index contributed by atoms with van der Waals surface area (Å²) in [6.45, 7) is 3.16. The Labute approximate surface area is 152 Å². The quantitative estimate of drug-likeness (QED) is 0.809. The number of piperazine rings is 1. The van der Waals surface area contributed by atoms with Gasteiger partial charge in [0.1, 0.15) is 11.5 Å². The average molecular weight is 368 g/mol. The smallest absolute Gasteiger partial charge is 0.266 e. The van der Waals surface area contributed by atoms with Gasteiger partial charge < -0.3 is 24.1 Å². The van der Waals surface area contributed by atoms with E-state index in [9.17, 15) is 4.79 Å². The highest BCUT2D eigenvalue weighted by molar-refractivity contribution is 6.32. The number of benzene rings is 1. The van der Waals surface area contributed by atoms with Gasteiger partial charge in [0.15, 0.2) is 0 Å². The summed E-state index contributed by atoms with van der Waals surface area (Å²) in [6.07, 6.45) is -0.200. The van der Waals surface area contributed by atoms with E-state index in [2.05, 4.69) is 17.1 Å². The number of halogens is 1. The molecule has 0 aliphatic carbocycles. The second-order valence-corrected chi connectivity index (χ2v) is 6.56. The fourth-order valence-electron chi connectivity index (χ4n) is 2.98. The molecule has 0 bridgehead atoms. The number of ether oxygens (including phenoxy) is 2. The Morgan fingerprint density at radius 2 is 1.88 bits per heavy atom. The third-order valence-corrected chi connectivity index (χ3v) is 4.84. The van der Waals surface area contributed by atoms with Crippen LogP contribution in [0.25, 0.3) is 0 Å². The van der Waals surface area contributed by atoms with E-state index in [-0.39, 0.29) is 5.91 Å². The number of amides is 1. The molecule has 25 heavy (non-hydrogen) atoms. The lowest BCUT2D eigenvalue weighted by Gasteiger charge is -2.33. The number of likely N-dealkylation sites (N-methyl/N-ethyl adjacent to an activating group) is 1. The molecule has 2 aliphatic rings. The van der Waals surface area contributed by atoms with Gasteiger partial charge in [-0.3, -0.25) is 4.79 Å². The summed E-state index contributed by atoms with van der Waals surface area (Å²) in [5.74, 6) is 1.08. The Hall–Kier alpha value is -1.99. The standard InChI is InChI=1S/C17H22ClN3O4/c1-20-4-6-21(7-5-20)17(22)16-9-13(19-25-16)11-8-12(18)15(24-3)10-14(11)23-2/h8,10,16H,4-7,9H2,1-3H3/t16-/m0/s1. The molecule has 7 nitrogen and oxygen atoms in total. The van der Waals surface area contributed by atoms with E-state index < -0.39 is 6.10 Å². The fraction of sp³-hybridized carbons (Fsp3) is 0.529. The van der Waals surface area contributed by atoms with Gasteiger partial charge in [0, 0.05) is 44.2 Å². The maximum absolute atomic E-state index is 12.6. The molecule has 1 amide bonds. The van der Waals surface area contributed by atoms with Crippen LogP contribution in [0.4, 0.5) is 0 Å². The summed E-state index contributed by atoms with van der Waals surface area (Å²) in [4.78, 5) is 22.1. The molecule has 0 spiro atoms. The normalized spacial score (nSPS) is 20.9. The molecule has 0 aromatic heterocycles. The van der Waals surface area contributed by atoms with Gasteiger partial charge in [0.25, 0.3) is 5.91 Å². The molecule has 136 valence electrons. The molecule has 0 unspecified atom stereocenters. The highest BCUT2D eigenvalue weighted by Crippen LogP contribution is 2.34. The first-order chi connectivity index (χ1) is 12.0. The summed E-state index contributed by atoms with van der Waals surface area (Å²) in [6, 6.07) is 3.43. The molecule has 2 aliphatic heterocycles. The second-order valence-electron chi connectivity index (χ2n) is 6.15. The minimum absolute atomic E-state index is 0.0228. The highest BCUT2D eigenvalue weighted by Gasteiger charge is 2.34. The van der Waals surface area contributed by atoms with Crippen LogP contribution in [0.2, 0.25) is 5.02 Å². The predicted molar refractivity (Wildman–Crippen MR) is 94.7 cm³/mol.